The highest BCUT2D eigenvalue weighted by Crippen LogP contribution is 2.26. The zero-order valence-corrected chi connectivity index (χ0v) is 11.2. The molecule has 0 unspecified atom stereocenters. The minimum atomic E-state index is -0.117. The van der Waals surface area contributed by atoms with E-state index in [4.69, 9.17) is 5.73 Å². The second-order valence-corrected chi connectivity index (χ2v) is 4.66. The molecule has 0 saturated heterocycles. The largest absolute Gasteiger partial charge is 0.398 e. The minimum Gasteiger partial charge on any atom is -0.398 e. The number of nitrogen functional groups attached to an aromatic ring is 1. The van der Waals surface area contributed by atoms with E-state index in [9.17, 15) is 4.79 Å². The number of amides is 1. The summed E-state index contributed by atoms with van der Waals surface area (Å²) >= 11 is 0. The lowest BCUT2D eigenvalue weighted by atomic mass is 10.0. The molecule has 5 heteroatoms. The molecule has 1 aliphatic carbocycles. The molecule has 1 aromatic heterocycles. The van der Waals surface area contributed by atoms with Crippen LogP contribution in [0.25, 0.3) is 0 Å². The number of nitrogens with zero attached hydrogens (tertiary/aromatic N) is 1. The van der Waals surface area contributed by atoms with Gasteiger partial charge in [-0.2, -0.15) is 0 Å². The summed E-state index contributed by atoms with van der Waals surface area (Å²) in [5.74, 6) is 0.676. The third kappa shape index (κ3) is 3.88. The fourth-order valence-corrected chi connectivity index (χ4v) is 2.38. The molecule has 0 spiro atoms. The average molecular weight is 270 g/mol. The van der Waals surface area contributed by atoms with Crippen LogP contribution >= 0.6 is 12.4 Å². The third-order valence-corrected chi connectivity index (χ3v) is 3.41. The van der Waals surface area contributed by atoms with Crippen molar-refractivity contribution in [1.82, 2.24) is 10.3 Å². The number of halogens is 1. The maximum absolute atomic E-state index is 11.8. The number of pyridine rings is 1. The molecule has 1 aliphatic rings. The van der Waals surface area contributed by atoms with Gasteiger partial charge in [0.25, 0.3) is 5.91 Å². The molecule has 1 saturated carbocycles. The van der Waals surface area contributed by atoms with Crippen LogP contribution in [-0.4, -0.2) is 17.4 Å². The molecule has 0 atom stereocenters. The van der Waals surface area contributed by atoms with E-state index in [1.807, 2.05) is 0 Å². The number of aromatic nitrogens is 1. The van der Waals surface area contributed by atoms with Crippen molar-refractivity contribution in [2.24, 2.45) is 5.92 Å². The third-order valence-electron chi connectivity index (χ3n) is 3.41. The zero-order chi connectivity index (χ0) is 12.1. The molecule has 1 fully saturated rings. The monoisotopic (exact) mass is 269 g/mol. The number of carbonyl (C=O) groups is 1. The summed E-state index contributed by atoms with van der Waals surface area (Å²) in [6, 6.07) is 1.64. The maximum Gasteiger partial charge on any atom is 0.254 e. The Kier molecular flexibility index (Phi) is 5.92. The van der Waals surface area contributed by atoms with Crippen molar-refractivity contribution >= 4 is 24.0 Å². The predicted molar refractivity (Wildman–Crippen MR) is 74.8 cm³/mol. The van der Waals surface area contributed by atoms with Crippen LogP contribution in [0.2, 0.25) is 0 Å². The van der Waals surface area contributed by atoms with Crippen LogP contribution in [-0.2, 0) is 0 Å². The quantitative estimate of drug-likeness (QED) is 0.882. The van der Waals surface area contributed by atoms with Crippen molar-refractivity contribution in [2.45, 2.75) is 32.1 Å². The van der Waals surface area contributed by atoms with Gasteiger partial charge >= 0.3 is 0 Å². The van der Waals surface area contributed by atoms with Crippen LogP contribution in [0, 0.1) is 5.92 Å². The number of nitrogens with one attached hydrogen (secondary N) is 1. The van der Waals surface area contributed by atoms with E-state index in [2.05, 4.69) is 10.3 Å². The second kappa shape index (κ2) is 7.21. The van der Waals surface area contributed by atoms with Crippen LogP contribution in [0.4, 0.5) is 5.69 Å². The second-order valence-electron chi connectivity index (χ2n) is 4.66. The molecule has 0 bridgehead atoms. The zero-order valence-electron chi connectivity index (χ0n) is 10.4. The van der Waals surface area contributed by atoms with Crippen LogP contribution in [0.5, 0.6) is 0 Å². The molecule has 1 aromatic rings. The van der Waals surface area contributed by atoms with Crippen molar-refractivity contribution in [1.29, 1.82) is 0 Å². The Bertz CT molecular complexity index is 392. The van der Waals surface area contributed by atoms with E-state index in [-0.39, 0.29) is 18.3 Å². The van der Waals surface area contributed by atoms with Gasteiger partial charge in [0, 0.05) is 24.6 Å². The molecule has 100 valence electrons. The van der Waals surface area contributed by atoms with Gasteiger partial charge in [0.05, 0.1) is 5.56 Å². The SMILES string of the molecule is Cl.Nc1ccncc1C(=O)NCCC1CCCC1. The Morgan fingerprint density at radius 1 is 1.44 bits per heavy atom. The highest BCUT2D eigenvalue weighted by atomic mass is 35.5. The first-order valence-corrected chi connectivity index (χ1v) is 6.25. The van der Waals surface area contributed by atoms with Crippen molar-refractivity contribution in [2.75, 3.05) is 12.3 Å². The summed E-state index contributed by atoms with van der Waals surface area (Å²) < 4.78 is 0. The van der Waals surface area contributed by atoms with Gasteiger partial charge in [0.2, 0.25) is 0 Å². The van der Waals surface area contributed by atoms with E-state index >= 15 is 0 Å². The minimum absolute atomic E-state index is 0. The molecular weight excluding hydrogens is 250 g/mol. The lowest BCUT2D eigenvalue weighted by Gasteiger charge is -2.10. The first-order chi connectivity index (χ1) is 8.27. The van der Waals surface area contributed by atoms with E-state index in [1.54, 1.807) is 12.3 Å². The fourth-order valence-electron chi connectivity index (χ4n) is 2.38. The van der Waals surface area contributed by atoms with Gasteiger partial charge in [-0.3, -0.25) is 9.78 Å². The summed E-state index contributed by atoms with van der Waals surface area (Å²) in [5, 5.41) is 2.91. The highest BCUT2D eigenvalue weighted by molar-refractivity contribution is 5.98. The molecule has 0 aromatic carbocycles. The molecule has 3 N–H and O–H groups in total. The van der Waals surface area contributed by atoms with Crippen LogP contribution < -0.4 is 11.1 Å². The van der Waals surface area contributed by atoms with Gasteiger partial charge in [-0.05, 0) is 18.4 Å². The molecule has 0 aliphatic heterocycles. The van der Waals surface area contributed by atoms with Crippen LogP contribution in [0.1, 0.15) is 42.5 Å². The smallest absolute Gasteiger partial charge is 0.254 e. The molecule has 18 heavy (non-hydrogen) atoms. The highest BCUT2D eigenvalue weighted by Gasteiger charge is 2.15. The lowest BCUT2D eigenvalue weighted by molar-refractivity contribution is 0.0952. The van der Waals surface area contributed by atoms with Gasteiger partial charge in [-0.1, -0.05) is 25.7 Å². The molecule has 0 radical (unpaired) electrons. The van der Waals surface area contributed by atoms with Crippen molar-refractivity contribution in [3.63, 3.8) is 0 Å². The van der Waals surface area contributed by atoms with Gasteiger partial charge < -0.3 is 11.1 Å². The van der Waals surface area contributed by atoms with Crippen molar-refractivity contribution in [3.8, 4) is 0 Å². The topological polar surface area (TPSA) is 68.0 Å². The van der Waals surface area contributed by atoms with Gasteiger partial charge in [0.15, 0.2) is 0 Å². The van der Waals surface area contributed by atoms with E-state index in [1.165, 1.54) is 31.9 Å². The number of hydrogen-bond donors (Lipinski definition) is 2. The Hall–Kier alpha value is -1.29. The standard InChI is InChI=1S/C13H19N3O.ClH/c14-12-6-7-15-9-11(12)13(17)16-8-5-10-3-1-2-4-10;/h6-7,9-10H,1-5,8H2,(H2,14,15)(H,16,17);1H. The number of anilines is 1. The van der Waals surface area contributed by atoms with E-state index in [0.29, 0.717) is 11.3 Å². The van der Waals surface area contributed by atoms with Crippen LogP contribution in [0.3, 0.4) is 0 Å². The first-order valence-electron chi connectivity index (χ1n) is 6.25. The number of rotatable bonds is 4. The van der Waals surface area contributed by atoms with Gasteiger partial charge in [-0.25, -0.2) is 0 Å². The number of nitrogens with two attached hydrogens (primary N) is 1. The van der Waals surface area contributed by atoms with Gasteiger partial charge in [-0.15, -0.1) is 12.4 Å². The predicted octanol–water partition coefficient (Wildman–Crippen LogP) is 2.40. The van der Waals surface area contributed by atoms with E-state index in [0.717, 1.165) is 18.9 Å². The van der Waals surface area contributed by atoms with Crippen molar-refractivity contribution < 1.29 is 4.79 Å². The number of hydrogen-bond acceptors (Lipinski definition) is 3. The lowest BCUT2D eigenvalue weighted by Crippen LogP contribution is -2.26. The summed E-state index contributed by atoms with van der Waals surface area (Å²) in [6.07, 6.45) is 9.48. The maximum atomic E-state index is 11.8. The van der Waals surface area contributed by atoms with Crippen molar-refractivity contribution in [3.05, 3.63) is 24.0 Å². The first kappa shape index (κ1) is 14.8. The Balaban J connectivity index is 0.00000162. The Labute approximate surface area is 114 Å². The van der Waals surface area contributed by atoms with Gasteiger partial charge in [0.1, 0.15) is 0 Å². The fraction of sp³-hybridized carbons (Fsp3) is 0.538. The Morgan fingerprint density at radius 2 is 2.17 bits per heavy atom. The molecular formula is C13H20ClN3O. The average Bonchev–Trinajstić information content (AvgIpc) is 2.82. The molecule has 2 rings (SSSR count). The molecule has 1 heterocycles. The van der Waals surface area contributed by atoms with E-state index < -0.39 is 0 Å². The normalized spacial score (nSPS) is 15.1. The summed E-state index contributed by atoms with van der Waals surface area (Å²) in [6.45, 7) is 0.734. The summed E-state index contributed by atoms with van der Waals surface area (Å²) in [5.41, 5.74) is 6.67. The molecule has 4 nitrogen and oxygen atoms in total. The van der Waals surface area contributed by atoms with Crippen LogP contribution in [0.15, 0.2) is 18.5 Å². The summed E-state index contributed by atoms with van der Waals surface area (Å²) in [4.78, 5) is 15.7. The molecule has 1 amide bonds. The summed E-state index contributed by atoms with van der Waals surface area (Å²) in [7, 11) is 0. The number of carbonyl (C=O) groups excluding carboxylic acids is 1. The Morgan fingerprint density at radius 3 is 2.83 bits per heavy atom.